The monoisotopic (exact) mass is 366 g/mol. The summed E-state index contributed by atoms with van der Waals surface area (Å²) in [6.07, 6.45) is 1.19. The largest absolute Gasteiger partial charge is 0.462 e. The Bertz CT molecular complexity index is 795. The molecule has 0 heterocycles. The summed E-state index contributed by atoms with van der Waals surface area (Å²) in [6, 6.07) is 6.29. The first-order chi connectivity index (χ1) is 11.8. The van der Waals surface area contributed by atoms with Gasteiger partial charge in [-0.05, 0) is 32.0 Å². The molecule has 9 heteroatoms. The third-order valence-corrected chi connectivity index (χ3v) is 4.94. The van der Waals surface area contributed by atoms with Gasteiger partial charge in [0, 0.05) is 26.8 Å². The van der Waals surface area contributed by atoms with Gasteiger partial charge in [0.05, 0.1) is 22.9 Å². The van der Waals surface area contributed by atoms with Gasteiger partial charge in [-0.2, -0.15) is 5.26 Å². The van der Waals surface area contributed by atoms with Crippen LogP contribution in [-0.2, 0) is 19.6 Å². The molecule has 0 bridgehead atoms. The lowest BCUT2D eigenvalue weighted by Gasteiger charge is -2.15. The number of esters is 1. The number of rotatable bonds is 8. The van der Waals surface area contributed by atoms with Gasteiger partial charge in [-0.3, -0.25) is 0 Å². The molecule has 0 radical (unpaired) electrons. The molecule has 8 nitrogen and oxygen atoms in total. The standard InChI is InChI=1S/C16H22N4O4S/c1-5-18-14-8-7-13(25(22,23)20(3)4)9-15(14)19-11-12(10-17)16(21)24-6-2/h7-9,11,18-19H,5-6H2,1-4H3/b12-11+. The molecule has 1 rings (SSSR count). The zero-order chi connectivity index (χ0) is 19.0. The highest BCUT2D eigenvalue weighted by atomic mass is 32.2. The fraction of sp³-hybridized carbons (Fsp3) is 0.375. The van der Waals surface area contributed by atoms with E-state index in [1.54, 1.807) is 19.1 Å². The highest BCUT2D eigenvalue weighted by Crippen LogP contribution is 2.27. The molecule has 0 saturated heterocycles. The van der Waals surface area contributed by atoms with E-state index in [0.717, 1.165) is 4.31 Å². The molecule has 0 spiro atoms. The summed E-state index contributed by atoms with van der Waals surface area (Å²) < 4.78 is 30.4. The van der Waals surface area contributed by atoms with Crippen molar-refractivity contribution in [2.45, 2.75) is 18.7 Å². The second kappa shape index (κ2) is 9.05. The summed E-state index contributed by atoms with van der Waals surface area (Å²) in [7, 11) is -0.733. The third-order valence-electron chi connectivity index (χ3n) is 3.12. The van der Waals surface area contributed by atoms with Crippen molar-refractivity contribution in [2.75, 3.05) is 37.9 Å². The predicted octanol–water partition coefficient (Wildman–Crippen LogP) is 1.75. The first-order valence-corrected chi connectivity index (χ1v) is 9.06. The molecule has 0 aliphatic carbocycles. The van der Waals surface area contributed by atoms with E-state index in [-0.39, 0.29) is 17.1 Å². The number of nitrogens with one attached hydrogen (secondary N) is 2. The van der Waals surface area contributed by atoms with Crippen LogP contribution in [0.25, 0.3) is 0 Å². The van der Waals surface area contributed by atoms with Crippen LogP contribution in [0.15, 0.2) is 34.9 Å². The highest BCUT2D eigenvalue weighted by molar-refractivity contribution is 7.89. The van der Waals surface area contributed by atoms with Crippen LogP contribution in [0.4, 0.5) is 11.4 Å². The Morgan fingerprint density at radius 1 is 1.32 bits per heavy atom. The zero-order valence-electron chi connectivity index (χ0n) is 14.7. The maximum atomic E-state index is 12.3. The van der Waals surface area contributed by atoms with E-state index in [1.165, 1.54) is 32.4 Å². The van der Waals surface area contributed by atoms with Gasteiger partial charge in [-0.15, -0.1) is 0 Å². The van der Waals surface area contributed by atoms with Gasteiger partial charge in [0.15, 0.2) is 5.57 Å². The molecular weight excluding hydrogens is 344 g/mol. The number of carbonyl (C=O) groups is 1. The number of benzene rings is 1. The van der Waals surface area contributed by atoms with E-state index in [0.29, 0.717) is 17.9 Å². The zero-order valence-corrected chi connectivity index (χ0v) is 15.5. The molecule has 1 aromatic rings. The summed E-state index contributed by atoms with van der Waals surface area (Å²) in [5.41, 5.74) is 0.838. The van der Waals surface area contributed by atoms with E-state index in [4.69, 9.17) is 10.00 Å². The van der Waals surface area contributed by atoms with Crippen molar-refractivity contribution in [2.24, 2.45) is 0 Å². The number of carbonyl (C=O) groups excluding carboxylic acids is 1. The second-order valence-corrected chi connectivity index (χ2v) is 7.21. The Kier molecular flexibility index (Phi) is 7.42. The number of hydrogen-bond donors (Lipinski definition) is 2. The predicted molar refractivity (Wildman–Crippen MR) is 95.4 cm³/mol. The van der Waals surface area contributed by atoms with E-state index in [1.807, 2.05) is 6.92 Å². The van der Waals surface area contributed by atoms with Gasteiger partial charge in [0.25, 0.3) is 0 Å². The average molecular weight is 366 g/mol. The summed E-state index contributed by atoms with van der Waals surface area (Å²) in [5.74, 6) is -0.750. The first-order valence-electron chi connectivity index (χ1n) is 7.62. The van der Waals surface area contributed by atoms with Crippen LogP contribution in [-0.4, -0.2) is 45.9 Å². The quantitative estimate of drug-likeness (QED) is 0.409. The van der Waals surface area contributed by atoms with Crippen molar-refractivity contribution >= 4 is 27.4 Å². The minimum Gasteiger partial charge on any atom is -0.462 e. The van der Waals surface area contributed by atoms with E-state index in [2.05, 4.69) is 10.6 Å². The first kappa shape index (κ1) is 20.5. The number of hydrogen-bond acceptors (Lipinski definition) is 7. The maximum Gasteiger partial charge on any atom is 0.350 e. The van der Waals surface area contributed by atoms with Crippen LogP contribution < -0.4 is 10.6 Å². The number of sulfonamides is 1. The molecule has 0 aliphatic rings. The van der Waals surface area contributed by atoms with E-state index >= 15 is 0 Å². The van der Waals surface area contributed by atoms with Crippen LogP contribution in [0.3, 0.4) is 0 Å². The van der Waals surface area contributed by atoms with Gasteiger partial charge in [0.2, 0.25) is 10.0 Å². The molecule has 136 valence electrons. The van der Waals surface area contributed by atoms with Gasteiger partial charge in [-0.25, -0.2) is 17.5 Å². The van der Waals surface area contributed by atoms with Crippen LogP contribution in [0.1, 0.15) is 13.8 Å². The van der Waals surface area contributed by atoms with Crippen molar-refractivity contribution in [1.29, 1.82) is 5.26 Å². The molecule has 0 aromatic heterocycles. The van der Waals surface area contributed by atoms with Gasteiger partial charge in [-0.1, -0.05) is 0 Å². The average Bonchev–Trinajstić information content (AvgIpc) is 2.56. The molecule has 0 atom stereocenters. The van der Waals surface area contributed by atoms with Crippen LogP contribution in [0, 0.1) is 11.3 Å². The van der Waals surface area contributed by atoms with Crippen molar-refractivity contribution in [1.82, 2.24) is 4.31 Å². The van der Waals surface area contributed by atoms with E-state index in [9.17, 15) is 13.2 Å². The summed E-state index contributed by atoms with van der Waals surface area (Å²) in [5, 5.41) is 14.9. The molecular formula is C16H22N4O4S. The summed E-state index contributed by atoms with van der Waals surface area (Å²) in [6.45, 7) is 4.29. The van der Waals surface area contributed by atoms with Crippen LogP contribution in [0.2, 0.25) is 0 Å². The summed E-state index contributed by atoms with van der Waals surface area (Å²) >= 11 is 0. The molecule has 1 aromatic carbocycles. The second-order valence-electron chi connectivity index (χ2n) is 5.06. The van der Waals surface area contributed by atoms with Crippen LogP contribution >= 0.6 is 0 Å². The lowest BCUT2D eigenvalue weighted by atomic mass is 10.2. The molecule has 25 heavy (non-hydrogen) atoms. The van der Waals surface area contributed by atoms with Gasteiger partial charge in [0.1, 0.15) is 6.07 Å². The van der Waals surface area contributed by atoms with Crippen molar-refractivity contribution in [3.63, 3.8) is 0 Å². The number of anilines is 2. The number of nitriles is 1. The smallest absolute Gasteiger partial charge is 0.350 e. The molecule has 2 N–H and O–H groups in total. The molecule has 0 unspecified atom stereocenters. The third kappa shape index (κ3) is 5.20. The topological polar surface area (TPSA) is 112 Å². The van der Waals surface area contributed by atoms with Crippen molar-refractivity contribution in [3.8, 4) is 6.07 Å². The fourth-order valence-corrected chi connectivity index (χ4v) is 2.78. The minimum absolute atomic E-state index is 0.0877. The lowest BCUT2D eigenvalue weighted by Crippen LogP contribution is -2.22. The Balaban J connectivity index is 3.27. The maximum absolute atomic E-state index is 12.3. The normalized spacial score (nSPS) is 11.8. The molecule has 0 fully saturated rings. The molecule has 0 amide bonds. The number of nitrogens with zero attached hydrogens (tertiary/aromatic N) is 2. The van der Waals surface area contributed by atoms with Crippen LogP contribution in [0.5, 0.6) is 0 Å². The Morgan fingerprint density at radius 3 is 2.52 bits per heavy atom. The Hall–Kier alpha value is -2.57. The van der Waals surface area contributed by atoms with Crippen molar-refractivity contribution < 1.29 is 17.9 Å². The van der Waals surface area contributed by atoms with E-state index < -0.39 is 16.0 Å². The fourth-order valence-electron chi connectivity index (χ4n) is 1.85. The van der Waals surface area contributed by atoms with Gasteiger partial charge >= 0.3 is 5.97 Å². The number of ether oxygens (including phenoxy) is 1. The lowest BCUT2D eigenvalue weighted by molar-refractivity contribution is -0.138. The molecule has 0 saturated carbocycles. The Morgan fingerprint density at radius 2 is 2.00 bits per heavy atom. The van der Waals surface area contributed by atoms with Crippen molar-refractivity contribution in [3.05, 3.63) is 30.0 Å². The highest BCUT2D eigenvalue weighted by Gasteiger charge is 2.19. The molecule has 0 aliphatic heterocycles. The Labute approximate surface area is 148 Å². The minimum atomic E-state index is -3.61. The van der Waals surface area contributed by atoms with Gasteiger partial charge < -0.3 is 15.4 Å². The SMILES string of the molecule is CCNc1ccc(S(=O)(=O)N(C)C)cc1N/C=C(\C#N)C(=O)OCC. The summed E-state index contributed by atoms with van der Waals surface area (Å²) in [4.78, 5) is 11.7.